The molecule has 2 aliphatic carbocycles. The number of H-pyrrole nitrogens is 2. The molecular formula is C65H75F2N19O6. The van der Waals surface area contributed by atoms with Crippen molar-refractivity contribution in [1.29, 1.82) is 0 Å². The molecule has 9 N–H and O–H groups in total. The van der Waals surface area contributed by atoms with Crippen molar-refractivity contribution >= 4 is 5.82 Å². The molecule has 480 valence electrons. The minimum Gasteiger partial charge on any atom is -0.506 e. The van der Waals surface area contributed by atoms with E-state index in [4.69, 9.17) is 18.3 Å². The molecule has 14 rings (SSSR count). The molecule has 2 saturated carbocycles. The number of methoxy groups -OCH3 is 1. The van der Waals surface area contributed by atoms with E-state index in [9.17, 15) is 19.7 Å². The Hall–Kier alpha value is -9.47. The van der Waals surface area contributed by atoms with Crippen LogP contribution in [0.2, 0.25) is 0 Å². The highest BCUT2D eigenvalue weighted by atomic mass is 19.1. The highest BCUT2D eigenvalue weighted by Gasteiger charge is 2.53. The number of anilines is 1. The predicted octanol–water partition coefficient (Wildman–Crippen LogP) is 9.67. The number of alkyl halides is 1. The lowest BCUT2D eigenvalue weighted by Crippen LogP contribution is -2.67. The highest BCUT2D eigenvalue weighted by molar-refractivity contribution is 5.72. The normalized spacial score (nSPS) is 22.2. The van der Waals surface area contributed by atoms with Crippen LogP contribution in [0.25, 0.3) is 67.7 Å². The van der Waals surface area contributed by atoms with Gasteiger partial charge in [0.05, 0.1) is 40.8 Å². The summed E-state index contributed by atoms with van der Waals surface area (Å²) in [5, 5.41) is 82.9. The summed E-state index contributed by atoms with van der Waals surface area (Å²) in [4.78, 5) is 20.7. The van der Waals surface area contributed by atoms with E-state index in [-0.39, 0.29) is 80.0 Å². The number of rotatable bonds is 13. The molecule has 0 bridgehead atoms. The summed E-state index contributed by atoms with van der Waals surface area (Å²) >= 11 is 0. The number of aromatic hydroxyl groups is 3. The van der Waals surface area contributed by atoms with Crippen LogP contribution in [0.1, 0.15) is 117 Å². The third kappa shape index (κ3) is 14.5. The third-order valence-corrected chi connectivity index (χ3v) is 17.0. The Balaban J connectivity index is 0.000000137. The average Bonchev–Trinajstić information content (AvgIpc) is 1.66. The Bertz CT molecular complexity index is 4170. The number of pyridine rings is 3. The van der Waals surface area contributed by atoms with Gasteiger partial charge < -0.3 is 50.8 Å². The van der Waals surface area contributed by atoms with Crippen LogP contribution in [-0.4, -0.2) is 156 Å². The van der Waals surface area contributed by atoms with Gasteiger partial charge in [0, 0.05) is 124 Å². The minimum absolute atomic E-state index is 0.0265. The van der Waals surface area contributed by atoms with Gasteiger partial charge in [-0.15, -0.1) is 30.6 Å². The first-order valence-electron chi connectivity index (χ1n) is 31.9. The van der Waals surface area contributed by atoms with Gasteiger partial charge in [-0.2, -0.15) is 14.6 Å². The summed E-state index contributed by atoms with van der Waals surface area (Å²) in [7, 11) is -2.65. The van der Waals surface area contributed by atoms with Gasteiger partial charge in [0.25, 0.3) is 0 Å². The number of nitrogens with zero attached hydrogens (tertiary/aromatic N) is 13. The molecule has 4 atom stereocenters. The molecule has 9 aromatic heterocycles. The fraction of sp³-hybridized carbons (Fsp3) is 0.431. The summed E-state index contributed by atoms with van der Waals surface area (Å²) < 4.78 is 67.4. The monoisotopic (exact) mass is 1260 g/mol. The zero-order chi connectivity index (χ0) is 67.3. The lowest BCUT2D eigenvalue weighted by atomic mass is 9.78. The molecule has 2 unspecified atom stereocenters. The van der Waals surface area contributed by atoms with Crippen LogP contribution < -0.4 is 35.5 Å². The molecule has 5 fully saturated rings. The maximum atomic E-state index is 15.1. The quantitative estimate of drug-likeness (QED) is 0.0518. The van der Waals surface area contributed by atoms with Crippen molar-refractivity contribution < 1.29 is 42.4 Å². The maximum Gasteiger partial charge on any atom is 0.233 e. The summed E-state index contributed by atoms with van der Waals surface area (Å²) in [5.41, 5.74) is 4.67. The van der Waals surface area contributed by atoms with E-state index in [1.807, 2.05) is 27.7 Å². The van der Waals surface area contributed by atoms with Gasteiger partial charge >= 0.3 is 0 Å². The molecule has 3 saturated heterocycles. The molecule has 0 aromatic carbocycles. The second-order valence-electron chi connectivity index (χ2n) is 27.0. The standard InChI is InChI=1S/C23H28FN7O2.C21H23FN6O2.C21H24N6O2/c1-22(2)10-16(21(24)23(3,4)31-22)28-18-7-6-14(29-30-18)20-17(32)8-13(11-25-20)15-9-19(33-5)27-12-26-15;1-20(2)8-13(9-21(28-20)5-6-21)30-17-4-3-15(25-26-17)18-16(29)7-12(10-23-18)14-11-24-27-19(14)22;1-20(2)8-15(9-21(27-20)5-6-21)29-18-4-3-16(25-26-18)19-17(28)7-13(10-22-19)14-11-23-24-12-14/h6-9,11-12,16,21,31-32H,10H2,1-5H3,(H,28,30);3-4,7,10-11,13,28-29H,5-6,8-9H2,1-2H3,(H,24,27);3-4,7,10-12,15,27-28H,5-6,8-9H2,1-2H3,(H,23,24)/t16-,21-;;/m1../s1/i5D3;;. The summed E-state index contributed by atoms with van der Waals surface area (Å²) in [6.07, 6.45) is 18.7. The molecule has 0 amide bonds. The summed E-state index contributed by atoms with van der Waals surface area (Å²) in [6, 6.07) is 15.7. The Morgan fingerprint density at radius 2 is 1.07 bits per heavy atom. The predicted molar refractivity (Wildman–Crippen MR) is 337 cm³/mol. The van der Waals surface area contributed by atoms with Crippen molar-refractivity contribution in [2.75, 3.05) is 12.4 Å². The topological polar surface area (TPSA) is 336 Å². The zero-order valence-electron chi connectivity index (χ0n) is 55.1. The summed E-state index contributed by atoms with van der Waals surface area (Å²) in [5.74, 6) is 0.404. The van der Waals surface area contributed by atoms with Gasteiger partial charge in [0.15, 0.2) is 0 Å². The number of hydrogen-bond donors (Lipinski definition) is 9. The molecule has 3 aliphatic heterocycles. The van der Waals surface area contributed by atoms with E-state index in [0.29, 0.717) is 63.6 Å². The Morgan fingerprint density at radius 1 is 0.533 bits per heavy atom. The number of aromatic nitrogens is 15. The van der Waals surface area contributed by atoms with E-state index < -0.39 is 30.7 Å². The van der Waals surface area contributed by atoms with E-state index in [1.54, 1.807) is 61.1 Å². The van der Waals surface area contributed by atoms with Crippen LogP contribution in [0.15, 0.2) is 104 Å². The summed E-state index contributed by atoms with van der Waals surface area (Å²) in [6.45, 7) is 16.6. The first kappa shape index (κ1) is 58.9. The lowest BCUT2D eigenvalue weighted by molar-refractivity contribution is 0.0655. The largest absolute Gasteiger partial charge is 0.506 e. The molecular weight excluding hydrogens is 1180 g/mol. The SMILES string of the molecule is CC1(C)CC(Oc2ccc(-c3ncc(-c4cn[nH]c4)cc3O)nn2)CC2(CC2)N1.CC1(C)CC(Oc2ccc(-c3ncc(-c4cn[nH]c4F)cc3O)nn2)CC2(CC2)N1.[2H]C([2H])([2H])Oc1cc(-c2cnc(-c3ccc(N[C@@H]4CC(C)(C)NC(C)(C)[C@@H]4F)nn3)c(O)c2)ncn1. The van der Waals surface area contributed by atoms with E-state index in [2.05, 4.69) is 125 Å². The zero-order valence-corrected chi connectivity index (χ0v) is 52.1. The van der Waals surface area contributed by atoms with Crippen molar-refractivity contribution in [2.45, 2.75) is 171 Å². The van der Waals surface area contributed by atoms with Gasteiger partial charge in [0.1, 0.15) is 81.9 Å². The van der Waals surface area contributed by atoms with Gasteiger partial charge in [-0.05, 0) is 130 Å². The van der Waals surface area contributed by atoms with Gasteiger partial charge in [-0.1, -0.05) is 0 Å². The highest BCUT2D eigenvalue weighted by Crippen LogP contribution is 2.48. The molecule has 5 aliphatic rings. The number of aromatic amines is 2. The lowest BCUT2D eigenvalue weighted by Gasteiger charge is -2.48. The molecule has 0 radical (unpaired) electrons. The van der Waals surface area contributed by atoms with Crippen molar-refractivity contribution in [3.05, 3.63) is 110 Å². The molecule has 92 heavy (non-hydrogen) atoms. The van der Waals surface area contributed by atoms with Crippen LogP contribution in [0.5, 0.6) is 34.9 Å². The number of halogens is 2. The third-order valence-electron chi connectivity index (χ3n) is 17.0. The van der Waals surface area contributed by atoms with Crippen LogP contribution in [-0.2, 0) is 0 Å². The van der Waals surface area contributed by atoms with Gasteiger partial charge in [-0.25, -0.2) is 29.3 Å². The molecule has 9 aromatic rings. The molecule has 25 nitrogen and oxygen atoms in total. The maximum absolute atomic E-state index is 15.1. The van der Waals surface area contributed by atoms with Crippen LogP contribution in [0, 0.1) is 5.95 Å². The first-order chi connectivity index (χ1) is 45.0. The van der Waals surface area contributed by atoms with Crippen LogP contribution in [0.3, 0.4) is 0 Å². The molecule has 12 heterocycles. The smallest absolute Gasteiger partial charge is 0.233 e. The number of hydrogen-bond acceptors (Lipinski definition) is 23. The second-order valence-corrected chi connectivity index (χ2v) is 27.0. The van der Waals surface area contributed by atoms with Crippen molar-refractivity contribution in [2.24, 2.45) is 0 Å². The van der Waals surface area contributed by atoms with Crippen LogP contribution >= 0.6 is 0 Å². The Kier molecular flexibility index (Phi) is 15.8. The average molecular weight is 1260 g/mol. The van der Waals surface area contributed by atoms with Crippen molar-refractivity contribution in [3.63, 3.8) is 0 Å². The van der Waals surface area contributed by atoms with E-state index >= 15 is 4.39 Å². The van der Waals surface area contributed by atoms with Crippen molar-refractivity contribution in [3.8, 4) is 103 Å². The van der Waals surface area contributed by atoms with E-state index in [0.717, 1.165) is 43.1 Å². The first-order valence-corrected chi connectivity index (χ1v) is 30.4. The Labute approximate surface area is 534 Å². The molecule has 27 heteroatoms. The van der Waals surface area contributed by atoms with E-state index in [1.165, 1.54) is 62.5 Å². The second kappa shape index (κ2) is 24.6. The minimum atomic E-state index is -2.65. The fourth-order valence-electron chi connectivity index (χ4n) is 13.1. The Morgan fingerprint density at radius 3 is 1.55 bits per heavy atom. The molecule has 2 spiro atoms. The fourth-order valence-corrected chi connectivity index (χ4v) is 13.1. The number of piperidine rings is 3. The van der Waals surface area contributed by atoms with Crippen LogP contribution in [0.4, 0.5) is 14.6 Å². The van der Waals surface area contributed by atoms with Gasteiger partial charge in [0.2, 0.25) is 23.6 Å². The number of ether oxygens (including phenoxy) is 3. The van der Waals surface area contributed by atoms with Crippen molar-refractivity contribution in [1.82, 2.24) is 91.9 Å². The van der Waals surface area contributed by atoms with Gasteiger partial charge in [-0.3, -0.25) is 10.2 Å². The number of nitrogens with one attached hydrogen (secondary N) is 6.